The summed E-state index contributed by atoms with van der Waals surface area (Å²) in [4.78, 5) is 12.1. The molecule has 0 aliphatic rings. The van der Waals surface area contributed by atoms with Gasteiger partial charge in [0.05, 0.1) is 12.3 Å². The lowest BCUT2D eigenvalue weighted by atomic mass is 10.2. The van der Waals surface area contributed by atoms with Crippen molar-refractivity contribution in [2.24, 2.45) is 0 Å². The second-order valence-corrected chi connectivity index (χ2v) is 4.95. The average Bonchev–Trinajstić information content (AvgIpc) is 2.90. The fourth-order valence-electron chi connectivity index (χ4n) is 2.14. The van der Waals surface area contributed by atoms with Crippen molar-refractivity contribution in [2.45, 2.75) is 33.6 Å². The second-order valence-electron chi connectivity index (χ2n) is 4.95. The Morgan fingerprint density at radius 1 is 1.32 bits per heavy atom. The summed E-state index contributed by atoms with van der Waals surface area (Å²) >= 11 is 0. The molecule has 1 N–H and O–H groups in total. The monoisotopic (exact) mass is 302 g/mol. The minimum atomic E-state index is -0.189. The van der Waals surface area contributed by atoms with E-state index in [-0.39, 0.29) is 5.91 Å². The number of para-hydroxylation sites is 2. The number of nitrogens with one attached hydrogen (secondary N) is 1. The lowest BCUT2D eigenvalue weighted by Crippen LogP contribution is -2.25. The molecule has 0 saturated heterocycles. The summed E-state index contributed by atoms with van der Waals surface area (Å²) in [6.45, 7) is 7.06. The quantitative estimate of drug-likeness (QED) is 0.798. The van der Waals surface area contributed by atoms with Gasteiger partial charge >= 0.3 is 0 Å². The number of nitrogens with zero attached hydrogens (tertiary/aromatic N) is 3. The Morgan fingerprint density at radius 3 is 2.82 bits per heavy atom. The third-order valence-electron chi connectivity index (χ3n) is 3.32. The number of unbranched alkanes of at least 4 members (excludes halogenated alkanes) is 1. The average molecular weight is 302 g/mol. The Morgan fingerprint density at radius 2 is 2.09 bits per heavy atom. The molecule has 22 heavy (non-hydrogen) atoms. The molecule has 0 bridgehead atoms. The van der Waals surface area contributed by atoms with Gasteiger partial charge < -0.3 is 10.1 Å². The van der Waals surface area contributed by atoms with Crippen LogP contribution in [0.4, 0.5) is 0 Å². The summed E-state index contributed by atoms with van der Waals surface area (Å²) in [5.41, 5.74) is 1.82. The highest BCUT2D eigenvalue weighted by Crippen LogP contribution is 2.23. The molecule has 0 spiro atoms. The minimum absolute atomic E-state index is 0.189. The molecule has 1 heterocycles. The van der Waals surface area contributed by atoms with Gasteiger partial charge in [0.2, 0.25) is 0 Å². The smallest absolute Gasteiger partial charge is 0.273 e. The van der Waals surface area contributed by atoms with Crippen LogP contribution in [0.15, 0.2) is 24.3 Å². The molecule has 1 aromatic carbocycles. The molecule has 0 fully saturated rings. The molecule has 118 valence electrons. The van der Waals surface area contributed by atoms with E-state index in [4.69, 9.17) is 4.74 Å². The first-order valence-electron chi connectivity index (χ1n) is 7.61. The first-order valence-corrected chi connectivity index (χ1v) is 7.61. The van der Waals surface area contributed by atoms with E-state index in [2.05, 4.69) is 22.6 Å². The number of ether oxygens (including phenoxy) is 1. The number of benzene rings is 1. The summed E-state index contributed by atoms with van der Waals surface area (Å²) in [6.07, 6.45) is 1.99. The van der Waals surface area contributed by atoms with Crippen molar-refractivity contribution in [2.75, 3.05) is 13.2 Å². The van der Waals surface area contributed by atoms with Crippen LogP contribution < -0.4 is 10.1 Å². The standard InChI is InChI=1S/C16H22N4O2/c1-4-6-11-17-16(21)15-12(3)20(19-18-15)13-9-7-8-10-14(13)22-5-2/h7-10H,4-6,11H2,1-3H3,(H,17,21). The molecule has 6 nitrogen and oxygen atoms in total. The van der Waals surface area contributed by atoms with E-state index < -0.39 is 0 Å². The molecule has 0 saturated carbocycles. The van der Waals surface area contributed by atoms with Gasteiger partial charge in [0.1, 0.15) is 11.4 Å². The van der Waals surface area contributed by atoms with Gasteiger partial charge in [-0.3, -0.25) is 4.79 Å². The van der Waals surface area contributed by atoms with Gasteiger partial charge in [-0.15, -0.1) is 5.10 Å². The van der Waals surface area contributed by atoms with E-state index in [1.165, 1.54) is 0 Å². The fraction of sp³-hybridized carbons (Fsp3) is 0.438. The number of aromatic nitrogens is 3. The lowest BCUT2D eigenvalue weighted by Gasteiger charge is -2.10. The van der Waals surface area contributed by atoms with E-state index in [0.29, 0.717) is 24.5 Å². The minimum Gasteiger partial charge on any atom is -0.492 e. The zero-order chi connectivity index (χ0) is 15.9. The summed E-state index contributed by atoms with van der Waals surface area (Å²) < 4.78 is 7.25. The van der Waals surface area contributed by atoms with Gasteiger partial charge in [0.25, 0.3) is 5.91 Å². The highest BCUT2D eigenvalue weighted by Gasteiger charge is 2.18. The predicted octanol–water partition coefficient (Wildman–Crippen LogP) is 2.50. The molecule has 1 amide bonds. The van der Waals surface area contributed by atoms with Gasteiger partial charge in [0.15, 0.2) is 5.69 Å². The Balaban J connectivity index is 2.26. The van der Waals surface area contributed by atoms with Crippen LogP contribution in [0, 0.1) is 6.92 Å². The number of hydrogen-bond acceptors (Lipinski definition) is 4. The highest BCUT2D eigenvalue weighted by atomic mass is 16.5. The summed E-state index contributed by atoms with van der Waals surface area (Å²) in [5.74, 6) is 0.530. The van der Waals surface area contributed by atoms with E-state index in [1.54, 1.807) is 4.68 Å². The van der Waals surface area contributed by atoms with Crippen LogP contribution >= 0.6 is 0 Å². The Labute approximate surface area is 130 Å². The van der Waals surface area contributed by atoms with Crippen LogP contribution in [0.2, 0.25) is 0 Å². The normalized spacial score (nSPS) is 10.5. The third-order valence-corrected chi connectivity index (χ3v) is 3.32. The van der Waals surface area contributed by atoms with Crippen LogP contribution in [0.3, 0.4) is 0 Å². The zero-order valence-corrected chi connectivity index (χ0v) is 13.3. The number of hydrogen-bond donors (Lipinski definition) is 1. The molecule has 0 atom stereocenters. The fourth-order valence-corrected chi connectivity index (χ4v) is 2.14. The Hall–Kier alpha value is -2.37. The number of carbonyl (C=O) groups is 1. The maximum Gasteiger partial charge on any atom is 0.273 e. The summed E-state index contributed by atoms with van der Waals surface area (Å²) in [5, 5.41) is 11.0. The third kappa shape index (κ3) is 3.44. The molecule has 1 aromatic heterocycles. The predicted molar refractivity (Wildman–Crippen MR) is 84.5 cm³/mol. The Kier molecular flexibility index (Phi) is 5.52. The number of carbonyl (C=O) groups excluding carboxylic acids is 1. The maximum atomic E-state index is 12.1. The molecular formula is C16H22N4O2. The van der Waals surface area contributed by atoms with Crippen LogP contribution in [-0.2, 0) is 0 Å². The van der Waals surface area contributed by atoms with Crippen molar-refractivity contribution in [3.8, 4) is 11.4 Å². The summed E-state index contributed by atoms with van der Waals surface area (Å²) in [6, 6.07) is 7.57. The van der Waals surface area contributed by atoms with Gasteiger partial charge in [-0.1, -0.05) is 30.7 Å². The van der Waals surface area contributed by atoms with E-state index in [1.807, 2.05) is 38.1 Å². The van der Waals surface area contributed by atoms with Gasteiger partial charge in [-0.2, -0.15) is 0 Å². The van der Waals surface area contributed by atoms with Crippen LogP contribution in [0.1, 0.15) is 42.9 Å². The summed E-state index contributed by atoms with van der Waals surface area (Å²) in [7, 11) is 0. The largest absolute Gasteiger partial charge is 0.492 e. The van der Waals surface area contributed by atoms with Crippen molar-refractivity contribution < 1.29 is 9.53 Å². The van der Waals surface area contributed by atoms with Gasteiger partial charge in [-0.25, -0.2) is 4.68 Å². The Bertz CT molecular complexity index is 637. The molecule has 0 unspecified atom stereocenters. The van der Waals surface area contributed by atoms with Crippen molar-refractivity contribution >= 4 is 5.91 Å². The first-order chi connectivity index (χ1) is 10.7. The molecule has 0 radical (unpaired) electrons. The molecule has 2 aromatic rings. The van der Waals surface area contributed by atoms with E-state index >= 15 is 0 Å². The first kappa shape index (κ1) is 16.0. The van der Waals surface area contributed by atoms with Crippen molar-refractivity contribution in [1.82, 2.24) is 20.3 Å². The number of rotatable bonds is 7. The SMILES string of the molecule is CCCCNC(=O)c1nnn(-c2ccccc2OCC)c1C. The van der Waals surface area contributed by atoms with Crippen molar-refractivity contribution in [3.63, 3.8) is 0 Å². The van der Waals surface area contributed by atoms with E-state index in [0.717, 1.165) is 24.3 Å². The zero-order valence-electron chi connectivity index (χ0n) is 13.3. The maximum absolute atomic E-state index is 12.1. The molecule has 2 rings (SSSR count). The number of amides is 1. The van der Waals surface area contributed by atoms with Crippen LogP contribution in [0.25, 0.3) is 5.69 Å². The second kappa shape index (κ2) is 7.59. The lowest BCUT2D eigenvalue weighted by molar-refractivity contribution is 0.0947. The van der Waals surface area contributed by atoms with Gasteiger partial charge in [-0.05, 0) is 32.4 Å². The molecule has 0 aliphatic carbocycles. The topological polar surface area (TPSA) is 69.0 Å². The molecule has 0 aliphatic heterocycles. The van der Waals surface area contributed by atoms with E-state index in [9.17, 15) is 4.79 Å². The van der Waals surface area contributed by atoms with Crippen LogP contribution in [0.5, 0.6) is 5.75 Å². The van der Waals surface area contributed by atoms with Crippen LogP contribution in [-0.4, -0.2) is 34.1 Å². The van der Waals surface area contributed by atoms with Crippen molar-refractivity contribution in [3.05, 3.63) is 35.7 Å². The van der Waals surface area contributed by atoms with Gasteiger partial charge in [0, 0.05) is 6.54 Å². The highest BCUT2D eigenvalue weighted by molar-refractivity contribution is 5.93. The van der Waals surface area contributed by atoms with Crippen molar-refractivity contribution in [1.29, 1.82) is 0 Å². The molecular weight excluding hydrogens is 280 g/mol. The molecule has 6 heteroatoms.